The summed E-state index contributed by atoms with van der Waals surface area (Å²) in [5.74, 6) is -0.296. The maximum atomic E-state index is 12.4. The zero-order chi connectivity index (χ0) is 19.1. The molecule has 27 heavy (non-hydrogen) atoms. The third kappa shape index (κ3) is 5.76. The van der Waals surface area contributed by atoms with Gasteiger partial charge in [0, 0.05) is 24.4 Å². The monoisotopic (exact) mass is 383 g/mol. The van der Waals surface area contributed by atoms with E-state index in [0.29, 0.717) is 16.7 Å². The van der Waals surface area contributed by atoms with Crippen LogP contribution in [0.4, 0.5) is 0 Å². The van der Waals surface area contributed by atoms with E-state index in [2.05, 4.69) is 16.2 Å². The van der Waals surface area contributed by atoms with E-state index in [9.17, 15) is 9.59 Å². The number of hydrogen-bond donors (Lipinski definition) is 3. The van der Waals surface area contributed by atoms with Gasteiger partial charge in [-0.05, 0) is 41.9 Å². The van der Waals surface area contributed by atoms with Gasteiger partial charge in [-0.1, -0.05) is 55.7 Å². The molecule has 5 nitrogen and oxygen atoms in total. The molecular formula is C21H25N3O2S. The van der Waals surface area contributed by atoms with Crippen LogP contribution in [0.1, 0.15) is 55.3 Å². The minimum Gasteiger partial charge on any atom is -0.359 e. The lowest BCUT2D eigenvalue weighted by atomic mass is 9.96. The van der Waals surface area contributed by atoms with Crippen molar-refractivity contribution in [2.24, 2.45) is 0 Å². The van der Waals surface area contributed by atoms with Gasteiger partial charge in [-0.3, -0.25) is 20.4 Å². The Morgan fingerprint density at radius 2 is 1.67 bits per heavy atom. The lowest BCUT2D eigenvalue weighted by Gasteiger charge is -2.24. The van der Waals surface area contributed by atoms with E-state index in [1.807, 2.05) is 42.5 Å². The van der Waals surface area contributed by atoms with Gasteiger partial charge in [-0.25, -0.2) is 0 Å². The number of Topliss-reactive ketones (excluding diaryl/α,β-unsaturated/α-hetero) is 1. The smallest absolute Gasteiger partial charge is 0.238 e. The van der Waals surface area contributed by atoms with E-state index in [4.69, 9.17) is 12.2 Å². The highest BCUT2D eigenvalue weighted by atomic mass is 32.1. The van der Waals surface area contributed by atoms with E-state index < -0.39 is 0 Å². The van der Waals surface area contributed by atoms with Crippen molar-refractivity contribution in [3.8, 4) is 0 Å². The summed E-state index contributed by atoms with van der Waals surface area (Å²) in [6, 6.07) is 13.9. The molecule has 0 radical (unpaired) electrons. The van der Waals surface area contributed by atoms with Crippen LogP contribution in [0.25, 0.3) is 10.8 Å². The van der Waals surface area contributed by atoms with Crippen molar-refractivity contribution in [1.82, 2.24) is 16.2 Å². The summed E-state index contributed by atoms with van der Waals surface area (Å²) < 4.78 is 0. The number of fused-ring (bicyclic) bond motifs is 1. The minimum atomic E-state index is -0.253. The molecule has 0 heterocycles. The summed E-state index contributed by atoms with van der Waals surface area (Å²) in [6.45, 7) is 0. The molecule has 2 aromatic carbocycles. The summed E-state index contributed by atoms with van der Waals surface area (Å²) >= 11 is 5.21. The van der Waals surface area contributed by atoms with Crippen LogP contribution < -0.4 is 16.2 Å². The molecule has 0 bridgehead atoms. The summed E-state index contributed by atoms with van der Waals surface area (Å²) in [5.41, 5.74) is 5.92. The van der Waals surface area contributed by atoms with Crippen LogP contribution in [0.3, 0.4) is 0 Å². The second kappa shape index (κ2) is 9.46. The summed E-state index contributed by atoms with van der Waals surface area (Å²) in [7, 11) is 0. The fourth-order valence-corrected chi connectivity index (χ4v) is 3.61. The molecule has 0 aliphatic heterocycles. The lowest BCUT2D eigenvalue weighted by Crippen LogP contribution is -2.50. The summed E-state index contributed by atoms with van der Waals surface area (Å²) in [6.07, 6.45) is 6.19. The Morgan fingerprint density at radius 1 is 0.926 bits per heavy atom. The number of carbonyl (C=O) groups excluding carboxylic acids is 2. The van der Waals surface area contributed by atoms with Gasteiger partial charge in [0.25, 0.3) is 0 Å². The van der Waals surface area contributed by atoms with E-state index >= 15 is 0 Å². The Bertz CT molecular complexity index is 831. The molecule has 2 aromatic rings. The predicted octanol–water partition coefficient (Wildman–Crippen LogP) is 3.63. The van der Waals surface area contributed by atoms with Gasteiger partial charge < -0.3 is 5.32 Å². The number of nitrogens with one attached hydrogen (secondary N) is 3. The molecule has 1 aliphatic carbocycles. The highest BCUT2D eigenvalue weighted by molar-refractivity contribution is 7.80. The van der Waals surface area contributed by atoms with Crippen molar-refractivity contribution in [2.75, 3.05) is 0 Å². The van der Waals surface area contributed by atoms with Crippen LogP contribution in [-0.2, 0) is 4.79 Å². The van der Waals surface area contributed by atoms with Gasteiger partial charge in [-0.2, -0.15) is 0 Å². The van der Waals surface area contributed by atoms with Crippen molar-refractivity contribution in [3.63, 3.8) is 0 Å². The van der Waals surface area contributed by atoms with Gasteiger partial charge in [0.05, 0.1) is 0 Å². The number of hydrazine groups is 1. The Hall–Kier alpha value is -2.47. The number of thiocarbonyl (C=S) groups is 1. The molecule has 6 heteroatoms. The van der Waals surface area contributed by atoms with E-state index in [-0.39, 0.29) is 24.5 Å². The van der Waals surface area contributed by atoms with Gasteiger partial charge in [-0.15, -0.1) is 0 Å². The maximum Gasteiger partial charge on any atom is 0.238 e. The van der Waals surface area contributed by atoms with Crippen LogP contribution in [0.15, 0.2) is 42.5 Å². The van der Waals surface area contributed by atoms with Crippen LogP contribution >= 0.6 is 12.2 Å². The van der Waals surface area contributed by atoms with Crippen molar-refractivity contribution in [1.29, 1.82) is 0 Å². The number of ketones is 1. The van der Waals surface area contributed by atoms with Crippen LogP contribution in [-0.4, -0.2) is 22.8 Å². The fraction of sp³-hybridized carbons (Fsp3) is 0.381. The van der Waals surface area contributed by atoms with E-state index in [1.54, 1.807) is 0 Å². The molecule has 0 spiro atoms. The number of hydrogen-bond acceptors (Lipinski definition) is 3. The minimum absolute atomic E-state index is 0.0428. The normalized spacial score (nSPS) is 14.5. The van der Waals surface area contributed by atoms with Gasteiger partial charge in [0.1, 0.15) is 0 Å². The van der Waals surface area contributed by atoms with Crippen molar-refractivity contribution in [2.45, 2.75) is 51.0 Å². The van der Waals surface area contributed by atoms with E-state index in [0.717, 1.165) is 23.6 Å². The average molecular weight is 384 g/mol. The molecule has 3 N–H and O–H groups in total. The molecule has 1 saturated carbocycles. The molecular weight excluding hydrogens is 358 g/mol. The molecule has 142 valence electrons. The predicted molar refractivity (Wildman–Crippen MR) is 111 cm³/mol. The molecule has 0 aromatic heterocycles. The summed E-state index contributed by atoms with van der Waals surface area (Å²) in [5, 5.41) is 5.76. The van der Waals surface area contributed by atoms with E-state index in [1.165, 1.54) is 19.3 Å². The SMILES string of the molecule is O=C(CCC(=O)c1ccc2ccccc2c1)NNC(=S)NC1CCCCC1. The zero-order valence-corrected chi connectivity index (χ0v) is 16.1. The Labute approximate surface area is 164 Å². The molecule has 0 atom stereocenters. The van der Waals surface area contributed by atoms with Crippen LogP contribution in [0.2, 0.25) is 0 Å². The Kier molecular flexibility index (Phi) is 6.76. The van der Waals surface area contributed by atoms with Crippen molar-refractivity contribution >= 4 is 39.8 Å². The molecule has 0 saturated heterocycles. The Morgan fingerprint density at radius 3 is 2.44 bits per heavy atom. The van der Waals surface area contributed by atoms with Crippen LogP contribution in [0.5, 0.6) is 0 Å². The number of amides is 1. The van der Waals surface area contributed by atoms with Gasteiger partial charge in [0.2, 0.25) is 5.91 Å². The third-order valence-electron chi connectivity index (χ3n) is 4.91. The average Bonchev–Trinajstić information content (AvgIpc) is 2.71. The Balaban J connectivity index is 1.41. The van der Waals surface area contributed by atoms with Crippen molar-refractivity contribution < 1.29 is 9.59 Å². The largest absolute Gasteiger partial charge is 0.359 e. The highest BCUT2D eigenvalue weighted by Gasteiger charge is 2.14. The lowest BCUT2D eigenvalue weighted by molar-refractivity contribution is -0.121. The maximum absolute atomic E-state index is 12.4. The first-order valence-corrected chi connectivity index (χ1v) is 9.90. The first-order valence-electron chi connectivity index (χ1n) is 9.49. The topological polar surface area (TPSA) is 70.2 Å². The fourth-order valence-electron chi connectivity index (χ4n) is 3.39. The summed E-state index contributed by atoms with van der Waals surface area (Å²) in [4.78, 5) is 24.3. The molecule has 1 fully saturated rings. The number of rotatable bonds is 5. The quantitative estimate of drug-likeness (QED) is 0.418. The van der Waals surface area contributed by atoms with Gasteiger partial charge >= 0.3 is 0 Å². The third-order valence-corrected chi connectivity index (χ3v) is 5.13. The first kappa shape index (κ1) is 19.3. The highest BCUT2D eigenvalue weighted by Crippen LogP contribution is 2.18. The van der Waals surface area contributed by atoms with Crippen LogP contribution in [0, 0.1) is 0 Å². The van der Waals surface area contributed by atoms with Gasteiger partial charge in [0.15, 0.2) is 10.9 Å². The standard InChI is InChI=1S/C21H25N3O2S/c25-19(17-11-10-15-6-4-5-7-16(15)14-17)12-13-20(26)23-24-21(27)22-18-8-2-1-3-9-18/h4-7,10-11,14,18H,1-3,8-9,12-13H2,(H,23,26)(H2,22,24,27). The first-order chi connectivity index (χ1) is 13.1. The molecule has 1 amide bonds. The van der Waals surface area contributed by atoms with Crippen molar-refractivity contribution in [3.05, 3.63) is 48.0 Å². The number of benzene rings is 2. The molecule has 1 aliphatic rings. The number of carbonyl (C=O) groups is 2. The zero-order valence-electron chi connectivity index (χ0n) is 15.3. The second-order valence-corrected chi connectivity index (χ2v) is 7.37. The molecule has 3 rings (SSSR count). The molecule has 0 unspecified atom stereocenters. The second-order valence-electron chi connectivity index (χ2n) is 6.97.